The second-order valence-corrected chi connectivity index (χ2v) is 6.67. The fourth-order valence-electron chi connectivity index (χ4n) is 3.36. The van der Waals surface area contributed by atoms with Crippen molar-refractivity contribution >= 4 is 17.7 Å². The van der Waals surface area contributed by atoms with Crippen molar-refractivity contribution in [1.82, 2.24) is 19.7 Å². The fourth-order valence-corrected chi connectivity index (χ4v) is 3.36. The first-order valence-corrected chi connectivity index (χ1v) is 8.56. The van der Waals surface area contributed by atoms with E-state index in [0.29, 0.717) is 5.82 Å². The first-order valence-electron chi connectivity index (χ1n) is 8.56. The van der Waals surface area contributed by atoms with Crippen molar-refractivity contribution < 1.29 is 4.79 Å². The average molecular weight is 348 g/mol. The van der Waals surface area contributed by atoms with Crippen LogP contribution in [0, 0.1) is 0 Å². The Hall–Kier alpha value is -3.22. The average Bonchev–Trinajstić information content (AvgIpc) is 3.00. The van der Waals surface area contributed by atoms with Gasteiger partial charge in [0, 0.05) is 37.3 Å². The van der Waals surface area contributed by atoms with Crippen LogP contribution in [0.3, 0.4) is 0 Å². The van der Waals surface area contributed by atoms with E-state index in [1.165, 1.54) is 0 Å². The summed E-state index contributed by atoms with van der Waals surface area (Å²) in [6, 6.07) is 9.83. The minimum atomic E-state index is -0.479. The minimum absolute atomic E-state index is 0.00557. The van der Waals surface area contributed by atoms with Crippen molar-refractivity contribution in [3.63, 3.8) is 0 Å². The number of amides is 1. The molecular formula is C19H20N6O. The van der Waals surface area contributed by atoms with Crippen LogP contribution >= 0.6 is 0 Å². The summed E-state index contributed by atoms with van der Waals surface area (Å²) >= 11 is 0. The molecule has 0 atom stereocenters. The summed E-state index contributed by atoms with van der Waals surface area (Å²) in [5, 5.41) is 7.19. The van der Waals surface area contributed by atoms with Gasteiger partial charge in [-0.1, -0.05) is 30.7 Å². The molecule has 0 radical (unpaired) electrons. The van der Waals surface area contributed by atoms with Crippen LogP contribution in [0.2, 0.25) is 0 Å². The van der Waals surface area contributed by atoms with Gasteiger partial charge in [-0.05, 0) is 24.0 Å². The van der Waals surface area contributed by atoms with Crippen LogP contribution in [0.25, 0.3) is 11.1 Å². The standard InChI is InChI=1S/C19H20N6O/c1-25-10-7-16(24-25)23-17(26)19(8-2-9-19)15-5-3-13(4-6-15)14-11-21-18(20)22-12-14/h3-7,10-12H,2,8-9H2,1H3,(H2,20,21,22)(H,23,24,26). The Morgan fingerprint density at radius 1 is 1.12 bits per heavy atom. The fraction of sp³-hybridized carbons (Fsp3) is 0.263. The highest BCUT2D eigenvalue weighted by Gasteiger charge is 2.45. The van der Waals surface area contributed by atoms with E-state index in [1.807, 2.05) is 37.5 Å². The molecule has 1 amide bonds. The molecule has 3 N–H and O–H groups in total. The highest BCUT2D eigenvalue weighted by atomic mass is 16.2. The van der Waals surface area contributed by atoms with Gasteiger partial charge >= 0.3 is 0 Å². The lowest BCUT2D eigenvalue weighted by atomic mass is 9.63. The van der Waals surface area contributed by atoms with Gasteiger partial charge in [0.2, 0.25) is 11.9 Å². The maximum atomic E-state index is 12.9. The number of aryl methyl sites for hydroxylation is 1. The van der Waals surface area contributed by atoms with E-state index in [-0.39, 0.29) is 11.9 Å². The molecule has 0 unspecified atom stereocenters. The van der Waals surface area contributed by atoms with Gasteiger partial charge in [-0.25, -0.2) is 9.97 Å². The zero-order valence-electron chi connectivity index (χ0n) is 14.5. The van der Waals surface area contributed by atoms with Gasteiger partial charge in [0.25, 0.3) is 0 Å². The zero-order chi connectivity index (χ0) is 18.1. The molecular weight excluding hydrogens is 328 g/mol. The first-order chi connectivity index (χ1) is 12.6. The van der Waals surface area contributed by atoms with E-state index < -0.39 is 5.41 Å². The normalized spacial score (nSPS) is 15.3. The van der Waals surface area contributed by atoms with Crippen molar-refractivity contribution in [3.05, 3.63) is 54.5 Å². The van der Waals surface area contributed by atoms with E-state index in [1.54, 1.807) is 23.1 Å². The number of hydrogen-bond donors (Lipinski definition) is 2. The number of nitrogens with two attached hydrogens (primary N) is 1. The Morgan fingerprint density at radius 3 is 2.35 bits per heavy atom. The van der Waals surface area contributed by atoms with Gasteiger partial charge in [0.15, 0.2) is 5.82 Å². The summed E-state index contributed by atoms with van der Waals surface area (Å²) in [6.07, 6.45) is 7.94. The van der Waals surface area contributed by atoms with Crippen LogP contribution in [-0.2, 0) is 17.3 Å². The highest BCUT2D eigenvalue weighted by Crippen LogP contribution is 2.45. The number of rotatable bonds is 4. The summed E-state index contributed by atoms with van der Waals surface area (Å²) in [5.74, 6) is 0.843. The maximum Gasteiger partial charge on any atom is 0.236 e. The third kappa shape index (κ3) is 2.81. The van der Waals surface area contributed by atoms with E-state index >= 15 is 0 Å². The number of carbonyl (C=O) groups excluding carboxylic acids is 1. The molecule has 132 valence electrons. The number of hydrogen-bond acceptors (Lipinski definition) is 5. The van der Waals surface area contributed by atoms with E-state index in [0.717, 1.165) is 36.0 Å². The van der Waals surface area contributed by atoms with Gasteiger partial charge in [0.05, 0.1) is 5.41 Å². The van der Waals surface area contributed by atoms with Crippen LogP contribution in [0.1, 0.15) is 24.8 Å². The Bertz CT molecular complexity index is 925. The largest absolute Gasteiger partial charge is 0.368 e. The molecule has 2 aromatic heterocycles. The van der Waals surface area contributed by atoms with Crippen LogP contribution in [0.15, 0.2) is 48.9 Å². The maximum absolute atomic E-state index is 12.9. The Balaban J connectivity index is 1.58. The minimum Gasteiger partial charge on any atom is -0.368 e. The van der Waals surface area contributed by atoms with E-state index in [2.05, 4.69) is 20.4 Å². The Kier molecular flexibility index (Phi) is 3.91. The number of nitrogens with one attached hydrogen (secondary N) is 1. The third-order valence-electron chi connectivity index (χ3n) is 5.04. The van der Waals surface area contributed by atoms with Crippen molar-refractivity contribution in [2.24, 2.45) is 7.05 Å². The lowest BCUT2D eigenvalue weighted by Crippen LogP contribution is -2.46. The molecule has 1 saturated carbocycles. The molecule has 3 aromatic rings. The molecule has 1 aromatic carbocycles. The number of aromatic nitrogens is 4. The van der Waals surface area contributed by atoms with Crippen molar-refractivity contribution in [3.8, 4) is 11.1 Å². The predicted octanol–water partition coefficient (Wildman–Crippen LogP) is 2.52. The molecule has 1 fully saturated rings. The molecule has 0 bridgehead atoms. The summed E-state index contributed by atoms with van der Waals surface area (Å²) in [7, 11) is 1.83. The highest BCUT2D eigenvalue weighted by molar-refractivity contribution is 5.99. The zero-order valence-corrected chi connectivity index (χ0v) is 14.5. The van der Waals surface area contributed by atoms with Crippen molar-refractivity contribution in [2.45, 2.75) is 24.7 Å². The molecule has 7 heteroatoms. The van der Waals surface area contributed by atoms with E-state index in [4.69, 9.17) is 5.73 Å². The molecule has 1 aliphatic rings. The topological polar surface area (TPSA) is 98.7 Å². The van der Waals surface area contributed by atoms with Gasteiger partial charge in [-0.2, -0.15) is 5.10 Å². The molecule has 2 heterocycles. The molecule has 4 rings (SSSR count). The number of carbonyl (C=O) groups is 1. The summed E-state index contributed by atoms with van der Waals surface area (Å²) in [4.78, 5) is 21.0. The Labute approximate surface area is 151 Å². The van der Waals surface area contributed by atoms with Gasteiger partial charge in [-0.15, -0.1) is 0 Å². The predicted molar refractivity (Wildman–Crippen MR) is 99.2 cm³/mol. The van der Waals surface area contributed by atoms with Gasteiger partial charge < -0.3 is 11.1 Å². The monoisotopic (exact) mass is 348 g/mol. The molecule has 0 spiro atoms. The molecule has 0 aliphatic heterocycles. The SMILES string of the molecule is Cn1ccc(NC(=O)C2(c3ccc(-c4cnc(N)nc4)cc3)CCC2)n1. The number of benzene rings is 1. The van der Waals surface area contributed by atoms with Crippen LogP contribution in [0.5, 0.6) is 0 Å². The van der Waals surface area contributed by atoms with Crippen LogP contribution in [-0.4, -0.2) is 25.7 Å². The molecule has 26 heavy (non-hydrogen) atoms. The lowest BCUT2D eigenvalue weighted by molar-refractivity contribution is -0.124. The van der Waals surface area contributed by atoms with Crippen LogP contribution in [0.4, 0.5) is 11.8 Å². The number of nitrogens with zero attached hydrogens (tertiary/aromatic N) is 4. The van der Waals surface area contributed by atoms with Crippen LogP contribution < -0.4 is 11.1 Å². The molecule has 1 aliphatic carbocycles. The lowest BCUT2D eigenvalue weighted by Gasteiger charge is -2.40. The summed E-state index contributed by atoms with van der Waals surface area (Å²) in [6.45, 7) is 0. The third-order valence-corrected chi connectivity index (χ3v) is 5.04. The Morgan fingerprint density at radius 2 is 1.81 bits per heavy atom. The van der Waals surface area contributed by atoms with Crippen molar-refractivity contribution in [1.29, 1.82) is 0 Å². The summed E-state index contributed by atoms with van der Waals surface area (Å²) in [5.41, 5.74) is 7.97. The second-order valence-electron chi connectivity index (χ2n) is 6.67. The smallest absolute Gasteiger partial charge is 0.236 e. The number of nitrogen functional groups attached to an aromatic ring is 1. The second kappa shape index (κ2) is 6.25. The quantitative estimate of drug-likeness (QED) is 0.755. The number of anilines is 2. The van der Waals surface area contributed by atoms with Gasteiger partial charge in [-0.3, -0.25) is 9.48 Å². The molecule has 0 saturated heterocycles. The van der Waals surface area contributed by atoms with Crippen molar-refractivity contribution in [2.75, 3.05) is 11.1 Å². The summed E-state index contributed by atoms with van der Waals surface area (Å²) < 4.78 is 1.67. The van der Waals surface area contributed by atoms with Gasteiger partial charge in [0.1, 0.15) is 0 Å². The van der Waals surface area contributed by atoms with E-state index in [9.17, 15) is 4.79 Å². The molecule has 7 nitrogen and oxygen atoms in total. The first kappa shape index (κ1) is 16.3.